The summed E-state index contributed by atoms with van der Waals surface area (Å²) < 4.78 is 0. The molecule has 2 aromatic heterocycles. The molecule has 0 radical (unpaired) electrons. The molecule has 0 fully saturated rings. The predicted octanol–water partition coefficient (Wildman–Crippen LogP) is 3.60. The fraction of sp³-hybridized carbons (Fsp3) is 0.353. The summed E-state index contributed by atoms with van der Waals surface area (Å²) in [6.45, 7) is 7.20. The summed E-state index contributed by atoms with van der Waals surface area (Å²) in [5.41, 5.74) is 4.01. The Bertz CT molecular complexity index is 762. The third-order valence-electron chi connectivity index (χ3n) is 3.77. The van der Waals surface area contributed by atoms with Gasteiger partial charge < -0.3 is 5.32 Å². The molecule has 5 heteroatoms. The lowest BCUT2D eigenvalue weighted by molar-refractivity contribution is 0.563. The van der Waals surface area contributed by atoms with Gasteiger partial charge in [-0.3, -0.25) is 4.98 Å². The highest BCUT2D eigenvalue weighted by Gasteiger charge is 2.09. The van der Waals surface area contributed by atoms with Crippen molar-refractivity contribution < 1.29 is 0 Å². The Labute approximate surface area is 134 Å². The van der Waals surface area contributed by atoms with Crippen LogP contribution in [0.25, 0.3) is 11.0 Å². The standard InChI is InChI=1S/C17H20N4S/c1-11-13(3)22-17(20-11)8-9-18-12(2)16-10-19-14-6-4-5-7-15(14)21-16/h4-7,10,12,18H,8-9H2,1-3H3. The SMILES string of the molecule is Cc1nc(CCNC(C)c2cnc3ccccc3n2)sc1C. The fourth-order valence-electron chi connectivity index (χ4n) is 2.33. The van der Waals surface area contributed by atoms with Crippen molar-refractivity contribution in [1.29, 1.82) is 0 Å². The summed E-state index contributed by atoms with van der Waals surface area (Å²) >= 11 is 1.78. The first-order valence-electron chi connectivity index (χ1n) is 7.51. The van der Waals surface area contributed by atoms with Gasteiger partial charge in [-0.1, -0.05) is 12.1 Å². The van der Waals surface area contributed by atoms with Gasteiger partial charge in [0.15, 0.2) is 0 Å². The van der Waals surface area contributed by atoms with Crippen LogP contribution in [0.15, 0.2) is 30.5 Å². The third-order valence-corrected chi connectivity index (χ3v) is 4.91. The van der Waals surface area contributed by atoms with Gasteiger partial charge in [-0.05, 0) is 32.9 Å². The molecular weight excluding hydrogens is 292 g/mol. The van der Waals surface area contributed by atoms with E-state index in [-0.39, 0.29) is 6.04 Å². The Morgan fingerprint density at radius 1 is 1.14 bits per heavy atom. The quantitative estimate of drug-likeness (QED) is 0.782. The lowest BCUT2D eigenvalue weighted by atomic mass is 10.2. The molecule has 0 spiro atoms. The Hall–Kier alpha value is -1.85. The maximum atomic E-state index is 4.68. The maximum Gasteiger partial charge on any atom is 0.0943 e. The fourth-order valence-corrected chi connectivity index (χ4v) is 3.26. The number of rotatable bonds is 5. The zero-order chi connectivity index (χ0) is 15.5. The normalized spacial score (nSPS) is 12.7. The number of benzene rings is 1. The van der Waals surface area contributed by atoms with Crippen LogP contribution in [-0.2, 0) is 6.42 Å². The average molecular weight is 312 g/mol. The zero-order valence-electron chi connectivity index (χ0n) is 13.1. The molecule has 1 unspecified atom stereocenters. The molecular formula is C17H20N4S. The van der Waals surface area contributed by atoms with Crippen molar-refractivity contribution >= 4 is 22.4 Å². The van der Waals surface area contributed by atoms with Crippen molar-refractivity contribution in [3.63, 3.8) is 0 Å². The van der Waals surface area contributed by atoms with Crippen molar-refractivity contribution in [2.45, 2.75) is 33.2 Å². The Morgan fingerprint density at radius 2 is 1.91 bits per heavy atom. The van der Waals surface area contributed by atoms with Crippen LogP contribution in [-0.4, -0.2) is 21.5 Å². The molecule has 2 heterocycles. The molecule has 0 aliphatic rings. The first-order chi connectivity index (χ1) is 10.6. The van der Waals surface area contributed by atoms with Crippen LogP contribution in [0.2, 0.25) is 0 Å². The minimum absolute atomic E-state index is 0.180. The number of aromatic nitrogens is 3. The van der Waals surface area contributed by atoms with E-state index in [0.717, 1.165) is 35.4 Å². The Balaban J connectivity index is 1.61. The number of aryl methyl sites for hydroxylation is 2. The van der Waals surface area contributed by atoms with Gasteiger partial charge in [0.05, 0.1) is 33.6 Å². The maximum absolute atomic E-state index is 4.68. The van der Waals surface area contributed by atoms with Gasteiger partial charge in [0.2, 0.25) is 0 Å². The molecule has 22 heavy (non-hydrogen) atoms. The van der Waals surface area contributed by atoms with E-state index in [2.05, 4.69) is 41.0 Å². The predicted molar refractivity (Wildman–Crippen MR) is 91.2 cm³/mol. The third kappa shape index (κ3) is 3.31. The minimum atomic E-state index is 0.180. The molecule has 4 nitrogen and oxygen atoms in total. The van der Waals surface area contributed by atoms with E-state index >= 15 is 0 Å². The lowest BCUT2D eigenvalue weighted by Crippen LogP contribution is -2.22. The van der Waals surface area contributed by atoms with Crippen LogP contribution < -0.4 is 5.32 Å². The second-order valence-electron chi connectivity index (χ2n) is 5.46. The van der Waals surface area contributed by atoms with E-state index in [4.69, 9.17) is 0 Å². The highest BCUT2D eigenvalue weighted by Crippen LogP contribution is 2.17. The molecule has 0 aliphatic carbocycles. The first-order valence-corrected chi connectivity index (χ1v) is 8.33. The van der Waals surface area contributed by atoms with Crippen molar-refractivity contribution in [3.05, 3.63) is 51.7 Å². The minimum Gasteiger partial charge on any atom is -0.308 e. The van der Waals surface area contributed by atoms with Crippen molar-refractivity contribution in [3.8, 4) is 0 Å². The second kappa shape index (κ2) is 6.50. The van der Waals surface area contributed by atoms with Crippen LogP contribution >= 0.6 is 11.3 Å². The molecule has 0 bridgehead atoms. The monoisotopic (exact) mass is 312 g/mol. The van der Waals surface area contributed by atoms with Gasteiger partial charge in [0.1, 0.15) is 0 Å². The molecule has 0 amide bonds. The van der Waals surface area contributed by atoms with Crippen LogP contribution in [0.3, 0.4) is 0 Å². The van der Waals surface area contributed by atoms with Gasteiger partial charge in [-0.25, -0.2) is 9.97 Å². The van der Waals surface area contributed by atoms with E-state index in [0.29, 0.717) is 0 Å². The molecule has 114 valence electrons. The highest BCUT2D eigenvalue weighted by molar-refractivity contribution is 7.11. The van der Waals surface area contributed by atoms with Gasteiger partial charge in [0, 0.05) is 23.9 Å². The van der Waals surface area contributed by atoms with E-state index < -0.39 is 0 Å². The zero-order valence-corrected chi connectivity index (χ0v) is 13.9. The molecule has 0 saturated heterocycles. The molecule has 0 aliphatic heterocycles. The van der Waals surface area contributed by atoms with Crippen molar-refractivity contribution in [1.82, 2.24) is 20.3 Å². The topological polar surface area (TPSA) is 50.7 Å². The van der Waals surface area contributed by atoms with Gasteiger partial charge in [0.25, 0.3) is 0 Å². The summed E-state index contributed by atoms with van der Waals surface area (Å²) in [5, 5.41) is 4.70. The number of nitrogens with zero attached hydrogens (tertiary/aromatic N) is 3. The molecule has 3 aromatic rings. The number of fused-ring (bicyclic) bond motifs is 1. The van der Waals surface area contributed by atoms with E-state index in [9.17, 15) is 0 Å². The van der Waals surface area contributed by atoms with Crippen molar-refractivity contribution in [2.24, 2.45) is 0 Å². The van der Waals surface area contributed by atoms with E-state index in [1.54, 1.807) is 11.3 Å². The molecule has 1 atom stereocenters. The second-order valence-corrected chi connectivity index (χ2v) is 6.75. The lowest BCUT2D eigenvalue weighted by Gasteiger charge is -2.13. The smallest absolute Gasteiger partial charge is 0.0943 e. The summed E-state index contributed by atoms with van der Waals surface area (Å²) in [7, 11) is 0. The van der Waals surface area contributed by atoms with E-state index in [1.807, 2.05) is 30.5 Å². The summed E-state index contributed by atoms with van der Waals surface area (Å²) in [6, 6.07) is 8.14. The van der Waals surface area contributed by atoms with Crippen LogP contribution in [0.5, 0.6) is 0 Å². The average Bonchev–Trinajstić information content (AvgIpc) is 2.85. The largest absolute Gasteiger partial charge is 0.308 e. The summed E-state index contributed by atoms with van der Waals surface area (Å²) in [6.07, 6.45) is 2.81. The van der Waals surface area contributed by atoms with Crippen LogP contribution in [0.4, 0.5) is 0 Å². The highest BCUT2D eigenvalue weighted by atomic mass is 32.1. The molecule has 1 aromatic carbocycles. The summed E-state index contributed by atoms with van der Waals surface area (Å²) in [5.74, 6) is 0. The molecule has 1 N–H and O–H groups in total. The van der Waals surface area contributed by atoms with Gasteiger partial charge >= 0.3 is 0 Å². The number of thiazole rings is 1. The molecule has 0 saturated carbocycles. The van der Waals surface area contributed by atoms with Gasteiger partial charge in [-0.15, -0.1) is 11.3 Å². The first kappa shape index (κ1) is 15.1. The number of para-hydroxylation sites is 2. The number of hydrogen-bond donors (Lipinski definition) is 1. The van der Waals surface area contributed by atoms with Crippen LogP contribution in [0, 0.1) is 13.8 Å². The van der Waals surface area contributed by atoms with E-state index in [1.165, 1.54) is 9.88 Å². The van der Waals surface area contributed by atoms with Gasteiger partial charge in [-0.2, -0.15) is 0 Å². The summed E-state index contributed by atoms with van der Waals surface area (Å²) in [4.78, 5) is 15.0. The Kier molecular flexibility index (Phi) is 4.45. The number of hydrogen-bond acceptors (Lipinski definition) is 5. The molecule has 3 rings (SSSR count). The van der Waals surface area contributed by atoms with Crippen molar-refractivity contribution in [2.75, 3.05) is 6.54 Å². The Morgan fingerprint density at radius 3 is 2.64 bits per heavy atom. The number of nitrogens with one attached hydrogen (secondary N) is 1. The van der Waals surface area contributed by atoms with Crippen LogP contribution in [0.1, 0.15) is 34.2 Å².